The van der Waals surface area contributed by atoms with E-state index in [1.54, 1.807) is 36.4 Å². The number of thioether (sulfide) groups is 1. The Hall–Kier alpha value is -2.26. The highest BCUT2D eigenvalue weighted by molar-refractivity contribution is 7.99. The Morgan fingerprint density at radius 3 is 2.44 bits per heavy atom. The van der Waals surface area contributed by atoms with Crippen LogP contribution in [0.2, 0.25) is 15.1 Å². The number of hydrogen-bond donors (Lipinski definition) is 2. The Bertz CT molecular complexity index is 1120. The van der Waals surface area contributed by atoms with Crippen molar-refractivity contribution in [2.45, 2.75) is 31.6 Å². The fourth-order valence-electron chi connectivity index (χ4n) is 2.87. The van der Waals surface area contributed by atoms with Gasteiger partial charge >= 0.3 is 0 Å². The lowest BCUT2D eigenvalue weighted by atomic mass is 10.2. The van der Waals surface area contributed by atoms with Crippen molar-refractivity contribution in [1.29, 1.82) is 0 Å². The Morgan fingerprint density at radius 1 is 1.06 bits per heavy atom. The van der Waals surface area contributed by atoms with E-state index in [-0.39, 0.29) is 17.6 Å². The third-order valence-electron chi connectivity index (χ3n) is 4.44. The lowest BCUT2D eigenvalue weighted by Gasteiger charge is -2.15. The molecular formula is C21H20Cl3N5O2S. The van der Waals surface area contributed by atoms with Crippen LogP contribution in [0, 0.1) is 0 Å². The number of halogens is 3. The molecule has 0 saturated carbocycles. The average molecular weight is 513 g/mol. The third kappa shape index (κ3) is 6.16. The van der Waals surface area contributed by atoms with Gasteiger partial charge in [-0.05, 0) is 56.3 Å². The van der Waals surface area contributed by atoms with Crippen molar-refractivity contribution >= 4 is 64.1 Å². The van der Waals surface area contributed by atoms with Crippen LogP contribution >= 0.6 is 46.6 Å². The number of carbonyl (C=O) groups excluding carboxylic acids is 2. The van der Waals surface area contributed by atoms with Gasteiger partial charge in [-0.15, -0.1) is 10.2 Å². The van der Waals surface area contributed by atoms with E-state index < -0.39 is 6.04 Å². The second kappa shape index (κ2) is 11.0. The molecule has 1 aromatic heterocycles. The maximum atomic E-state index is 12.6. The maximum Gasteiger partial charge on any atom is 0.251 e. The number of hydrogen-bond acceptors (Lipinski definition) is 5. The van der Waals surface area contributed by atoms with Crippen LogP contribution in [-0.4, -0.2) is 32.3 Å². The van der Waals surface area contributed by atoms with Gasteiger partial charge in [0.15, 0.2) is 11.0 Å². The van der Waals surface area contributed by atoms with Crippen LogP contribution in [0.5, 0.6) is 0 Å². The fourth-order valence-corrected chi connectivity index (χ4v) is 4.10. The molecule has 0 aliphatic heterocycles. The van der Waals surface area contributed by atoms with Crippen LogP contribution in [0.1, 0.15) is 36.1 Å². The van der Waals surface area contributed by atoms with E-state index in [0.717, 1.165) is 0 Å². The molecule has 2 N–H and O–H groups in total. The van der Waals surface area contributed by atoms with Gasteiger partial charge in [0.25, 0.3) is 5.91 Å². The Labute approximate surface area is 204 Å². The molecule has 1 heterocycles. The minimum Gasteiger partial charge on any atom is -0.342 e. The molecule has 2 amide bonds. The van der Waals surface area contributed by atoms with E-state index in [2.05, 4.69) is 20.8 Å². The maximum absolute atomic E-state index is 12.6. The summed E-state index contributed by atoms with van der Waals surface area (Å²) in [6, 6.07) is 11.1. The summed E-state index contributed by atoms with van der Waals surface area (Å²) in [5.41, 5.74) is 1.05. The molecule has 0 spiro atoms. The summed E-state index contributed by atoms with van der Waals surface area (Å²) in [6.45, 7) is 4.34. The van der Waals surface area contributed by atoms with Crippen LogP contribution < -0.4 is 10.6 Å². The zero-order valence-corrected chi connectivity index (χ0v) is 20.3. The lowest BCUT2D eigenvalue weighted by molar-refractivity contribution is -0.113. The Kier molecular flexibility index (Phi) is 8.42. The molecule has 0 bridgehead atoms. The molecule has 2 aromatic carbocycles. The predicted octanol–water partition coefficient (Wildman–Crippen LogP) is 5.48. The standard InChI is InChI=1S/C21H20Cl3N5O2S/c1-3-29-19(12(2)25-20(31)13-4-9-16(23)17(24)10-13)27-28-21(29)32-11-18(30)26-15-7-5-14(22)6-8-15/h4-10,12H,3,11H2,1-2H3,(H,25,31)(H,26,30)/t12-/m1/s1. The van der Waals surface area contributed by atoms with E-state index >= 15 is 0 Å². The van der Waals surface area contributed by atoms with Crippen molar-refractivity contribution in [3.05, 3.63) is 68.9 Å². The minimum absolute atomic E-state index is 0.158. The van der Waals surface area contributed by atoms with Crippen molar-refractivity contribution < 1.29 is 9.59 Å². The molecule has 0 fully saturated rings. The van der Waals surface area contributed by atoms with Gasteiger partial charge in [-0.3, -0.25) is 9.59 Å². The molecule has 1 atom stereocenters. The molecule has 11 heteroatoms. The van der Waals surface area contributed by atoms with Crippen molar-refractivity contribution in [3.63, 3.8) is 0 Å². The quantitative estimate of drug-likeness (QED) is 0.390. The number of benzene rings is 2. The van der Waals surface area contributed by atoms with Crippen molar-refractivity contribution in [2.24, 2.45) is 0 Å². The van der Waals surface area contributed by atoms with Gasteiger partial charge in [0.1, 0.15) is 0 Å². The number of amides is 2. The Morgan fingerprint density at radius 2 is 1.78 bits per heavy atom. The molecule has 7 nitrogen and oxygen atoms in total. The zero-order valence-electron chi connectivity index (χ0n) is 17.2. The summed E-state index contributed by atoms with van der Waals surface area (Å²) >= 11 is 19.0. The molecule has 3 rings (SSSR count). The first kappa shape index (κ1) is 24.4. The zero-order chi connectivity index (χ0) is 23.3. The van der Waals surface area contributed by atoms with Crippen molar-refractivity contribution in [2.75, 3.05) is 11.1 Å². The molecule has 0 saturated heterocycles. The highest BCUT2D eigenvalue weighted by atomic mass is 35.5. The van der Waals surface area contributed by atoms with Gasteiger partial charge in [0.05, 0.1) is 21.8 Å². The Balaban J connectivity index is 1.62. The molecule has 0 aliphatic rings. The minimum atomic E-state index is -0.415. The van der Waals surface area contributed by atoms with Gasteiger partial charge in [0, 0.05) is 22.8 Å². The number of aromatic nitrogens is 3. The summed E-state index contributed by atoms with van der Waals surface area (Å²) in [4.78, 5) is 24.8. The second-order valence-corrected chi connectivity index (χ2v) is 8.95. The largest absolute Gasteiger partial charge is 0.342 e. The van der Waals surface area contributed by atoms with Gasteiger partial charge in [-0.25, -0.2) is 0 Å². The van der Waals surface area contributed by atoms with E-state index in [1.165, 1.54) is 17.8 Å². The first-order chi connectivity index (χ1) is 15.3. The van der Waals surface area contributed by atoms with Gasteiger partial charge in [-0.1, -0.05) is 46.6 Å². The SMILES string of the molecule is CCn1c(SCC(=O)Nc2ccc(Cl)cc2)nnc1[C@@H](C)NC(=O)c1ccc(Cl)c(Cl)c1. The molecular weight excluding hydrogens is 493 g/mol. The van der Waals surface area contributed by atoms with E-state index in [9.17, 15) is 9.59 Å². The highest BCUT2D eigenvalue weighted by Gasteiger charge is 2.20. The number of rotatable bonds is 8. The summed E-state index contributed by atoms with van der Waals surface area (Å²) in [5.74, 6) is 0.260. The number of nitrogens with one attached hydrogen (secondary N) is 2. The normalized spacial score (nSPS) is 11.8. The molecule has 168 valence electrons. The average Bonchev–Trinajstić information content (AvgIpc) is 3.19. The lowest BCUT2D eigenvalue weighted by Crippen LogP contribution is -2.28. The number of nitrogens with zero attached hydrogens (tertiary/aromatic N) is 3. The van der Waals surface area contributed by atoms with Crippen LogP contribution in [0.4, 0.5) is 5.69 Å². The van der Waals surface area contributed by atoms with Crippen LogP contribution in [0.3, 0.4) is 0 Å². The van der Waals surface area contributed by atoms with Gasteiger partial charge < -0.3 is 15.2 Å². The predicted molar refractivity (Wildman–Crippen MR) is 129 cm³/mol. The monoisotopic (exact) mass is 511 g/mol. The molecule has 0 aliphatic carbocycles. The summed E-state index contributed by atoms with van der Waals surface area (Å²) in [6.07, 6.45) is 0. The van der Waals surface area contributed by atoms with Crippen LogP contribution in [0.15, 0.2) is 47.6 Å². The molecule has 0 unspecified atom stereocenters. The van der Waals surface area contributed by atoms with Crippen molar-refractivity contribution in [3.8, 4) is 0 Å². The second-order valence-electron chi connectivity index (χ2n) is 6.75. The van der Waals surface area contributed by atoms with Gasteiger partial charge in [0.2, 0.25) is 5.91 Å². The van der Waals surface area contributed by atoms with Crippen LogP contribution in [0.25, 0.3) is 0 Å². The van der Waals surface area contributed by atoms with Crippen LogP contribution in [-0.2, 0) is 11.3 Å². The van der Waals surface area contributed by atoms with E-state index in [4.69, 9.17) is 34.8 Å². The molecule has 0 radical (unpaired) electrons. The van der Waals surface area contributed by atoms with Crippen molar-refractivity contribution in [1.82, 2.24) is 20.1 Å². The first-order valence-electron chi connectivity index (χ1n) is 9.65. The summed E-state index contributed by atoms with van der Waals surface area (Å²) in [5, 5.41) is 16.0. The number of carbonyl (C=O) groups is 2. The van der Waals surface area contributed by atoms with E-state index in [0.29, 0.717) is 43.8 Å². The molecule has 32 heavy (non-hydrogen) atoms. The fraction of sp³-hybridized carbons (Fsp3) is 0.238. The molecule has 3 aromatic rings. The van der Waals surface area contributed by atoms with Gasteiger partial charge in [-0.2, -0.15) is 0 Å². The topological polar surface area (TPSA) is 88.9 Å². The van der Waals surface area contributed by atoms with E-state index in [1.807, 2.05) is 18.4 Å². The summed E-state index contributed by atoms with van der Waals surface area (Å²) in [7, 11) is 0. The number of anilines is 1. The summed E-state index contributed by atoms with van der Waals surface area (Å²) < 4.78 is 1.86. The smallest absolute Gasteiger partial charge is 0.251 e. The first-order valence-corrected chi connectivity index (χ1v) is 11.8. The third-order valence-corrected chi connectivity index (χ3v) is 6.40. The highest BCUT2D eigenvalue weighted by Crippen LogP contribution is 2.24.